The molecule has 0 amide bonds. The lowest BCUT2D eigenvalue weighted by Crippen LogP contribution is -1.85. The Labute approximate surface area is 101 Å². The monoisotopic (exact) mass is 315 g/mol. The molecule has 0 radical (unpaired) electrons. The summed E-state index contributed by atoms with van der Waals surface area (Å²) in [6.07, 6.45) is 1.77. The predicted molar refractivity (Wildman–Crippen MR) is 67.4 cm³/mol. The number of aromatic nitrogens is 1. The average Bonchev–Trinajstić information content (AvgIpc) is 2.23. The SMILES string of the molecule is Clc1c(-c2ccccc2)ccnc1I. The van der Waals surface area contributed by atoms with E-state index in [4.69, 9.17) is 11.6 Å². The Kier molecular flexibility index (Phi) is 3.03. The van der Waals surface area contributed by atoms with Gasteiger partial charge in [0, 0.05) is 11.8 Å². The molecule has 0 aliphatic carbocycles. The Morgan fingerprint density at radius 2 is 1.79 bits per heavy atom. The molecule has 0 unspecified atom stereocenters. The highest BCUT2D eigenvalue weighted by Gasteiger charge is 2.05. The fourth-order valence-corrected chi connectivity index (χ4v) is 1.93. The average molecular weight is 316 g/mol. The summed E-state index contributed by atoms with van der Waals surface area (Å²) < 4.78 is 0.839. The molecule has 0 saturated carbocycles. The van der Waals surface area contributed by atoms with Crippen LogP contribution in [0.15, 0.2) is 42.6 Å². The van der Waals surface area contributed by atoms with Crippen LogP contribution in [0.2, 0.25) is 5.02 Å². The number of hydrogen-bond acceptors (Lipinski definition) is 1. The van der Waals surface area contributed by atoms with Gasteiger partial charge in [0.05, 0.1) is 5.02 Å². The number of rotatable bonds is 1. The van der Waals surface area contributed by atoms with E-state index < -0.39 is 0 Å². The molecular formula is C11H7ClIN. The zero-order valence-corrected chi connectivity index (χ0v) is 10.2. The van der Waals surface area contributed by atoms with Crippen molar-refractivity contribution < 1.29 is 0 Å². The van der Waals surface area contributed by atoms with Crippen molar-refractivity contribution in [3.63, 3.8) is 0 Å². The molecule has 0 aliphatic heterocycles. The third-order valence-electron chi connectivity index (χ3n) is 1.93. The third-order valence-corrected chi connectivity index (χ3v) is 3.45. The summed E-state index contributed by atoms with van der Waals surface area (Å²) in [6, 6.07) is 12.0. The minimum Gasteiger partial charge on any atom is -0.249 e. The van der Waals surface area contributed by atoms with Gasteiger partial charge in [-0.25, -0.2) is 4.98 Å². The predicted octanol–water partition coefficient (Wildman–Crippen LogP) is 4.01. The molecule has 3 heteroatoms. The first-order chi connectivity index (χ1) is 6.79. The van der Waals surface area contributed by atoms with Gasteiger partial charge < -0.3 is 0 Å². The highest BCUT2D eigenvalue weighted by atomic mass is 127. The van der Waals surface area contributed by atoms with E-state index in [1.54, 1.807) is 6.20 Å². The van der Waals surface area contributed by atoms with Crippen molar-refractivity contribution in [2.45, 2.75) is 0 Å². The highest BCUT2D eigenvalue weighted by molar-refractivity contribution is 14.1. The van der Waals surface area contributed by atoms with Crippen LogP contribution in [0, 0.1) is 3.70 Å². The molecule has 0 bridgehead atoms. The van der Waals surface area contributed by atoms with Crippen LogP contribution in [0.3, 0.4) is 0 Å². The fraction of sp³-hybridized carbons (Fsp3) is 0. The van der Waals surface area contributed by atoms with Crippen LogP contribution in [0.5, 0.6) is 0 Å². The van der Waals surface area contributed by atoms with E-state index in [2.05, 4.69) is 27.6 Å². The summed E-state index contributed by atoms with van der Waals surface area (Å²) >= 11 is 8.29. The van der Waals surface area contributed by atoms with Crippen molar-refractivity contribution in [1.82, 2.24) is 4.98 Å². The number of pyridine rings is 1. The first kappa shape index (κ1) is 9.93. The number of nitrogens with zero attached hydrogens (tertiary/aromatic N) is 1. The normalized spacial score (nSPS) is 10.1. The van der Waals surface area contributed by atoms with Crippen LogP contribution >= 0.6 is 34.2 Å². The molecule has 0 fully saturated rings. The zero-order valence-electron chi connectivity index (χ0n) is 7.24. The summed E-state index contributed by atoms with van der Waals surface area (Å²) in [5, 5.41) is 0.722. The molecule has 70 valence electrons. The van der Waals surface area contributed by atoms with Crippen LogP contribution in [0.4, 0.5) is 0 Å². The topological polar surface area (TPSA) is 12.9 Å². The Balaban J connectivity index is 2.58. The number of benzene rings is 1. The second-order valence-electron chi connectivity index (χ2n) is 2.83. The molecule has 0 aliphatic rings. The summed E-state index contributed by atoms with van der Waals surface area (Å²) in [7, 11) is 0. The molecule has 14 heavy (non-hydrogen) atoms. The Bertz CT molecular complexity index is 442. The smallest absolute Gasteiger partial charge is 0.120 e. The number of halogens is 2. The lowest BCUT2D eigenvalue weighted by molar-refractivity contribution is 1.27. The molecular weight excluding hydrogens is 308 g/mol. The largest absolute Gasteiger partial charge is 0.249 e. The van der Waals surface area contributed by atoms with Gasteiger partial charge in [-0.2, -0.15) is 0 Å². The first-order valence-electron chi connectivity index (χ1n) is 4.14. The molecule has 0 saturated heterocycles. The lowest BCUT2D eigenvalue weighted by atomic mass is 10.1. The molecule has 1 nitrogen and oxygen atoms in total. The summed E-state index contributed by atoms with van der Waals surface area (Å²) in [4.78, 5) is 4.12. The van der Waals surface area contributed by atoms with Crippen molar-refractivity contribution in [1.29, 1.82) is 0 Å². The molecule has 0 N–H and O–H groups in total. The van der Waals surface area contributed by atoms with E-state index in [-0.39, 0.29) is 0 Å². The maximum atomic E-state index is 6.16. The minimum absolute atomic E-state index is 0.722. The molecule has 2 aromatic rings. The Morgan fingerprint density at radius 3 is 2.50 bits per heavy atom. The quantitative estimate of drug-likeness (QED) is 0.572. The van der Waals surface area contributed by atoms with E-state index in [1.165, 1.54) is 0 Å². The van der Waals surface area contributed by atoms with Crippen molar-refractivity contribution in [3.8, 4) is 11.1 Å². The maximum absolute atomic E-state index is 6.16. The molecule has 0 atom stereocenters. The van der Waals surface area contributed by atoms with Gasteiger partial charge >= 0.3 is 0 Å². The zero-order chi connectivity index (χ0) is 9.97. The third kappa shape index (κ3) is 1.91. The molecule has 1 heterocycles. The van der Waals surface area contributed by atoms with Crippen LogP contribution in [0.25, 0.3) is 11.1 Å². The van der Waals surface area contributed by atoms with E-state index in [0.717, 1.165) is 19.9 Å². The molecule has 2 rings (SSSR count). The summed E-state index contributed by atoms with van der Waals surface area (Å²) in [5.41, 5.74) is 2.16. The van der Waals surface area contributed by atoms with Crippen LogP contribution in [-0.2, 0) is 0 Å². The molecule has 1 aromatic heterocycles. The molecule has 1 aromatic carbocycles. The van der Waals surface area contributed by atoms with E-state index >= 15 is 0 Å². The summed E-state index contributed by atoms with van der Waals surface area (Å²) in [5.74, 6) is 0. The lowest BCUT2D eigenvalue weighted by Gasteiger charge is -2.04. The minimum atomic E-state index is 0.722. The van der Waals surface area contributed by atoms with Gasteiger partial charge in [-0.3, -0.25) is 0 Å². The standard InChI is InChI=1S/C11H7ClIN/c12-10-9(6-7-14-11(10)13)8-4-2-1-3-5-8/h1-7H. The maximum Gasteiger partial charge on any atom is 0.120 e. The fourth-order valence-electron chi connectivity index (χ4n) is 1.26. The van der Waals surface area contributed by atoms with Crippen molar-refractivity contribution in [2.24, 2.45) is 0 Å². The van der Waals surface area contributed by atoms with Crippen molar-refractivity contribution in [3.05, 3.63) is 51.3 Å². The van der Waals surface area contributed by atoms with Gasteiger partial charge in [0.15, 0.2) is 0 Å². The van der Waals surface area contributed by atoms with Crippen molar-refractivity contribution in [2.75, 3.05) is 0 Å². The molecule has 0 spiro atoms. The van der Waals surface area contributed by atoms with Crippen LogP contribution < -0.4 is 0 Å². The van der Waals surface area contributed by atoms with Gasteiger partial charge in [-0.1, -0.05) is 41.9 Å². The van der Waals surface area contributed by atoms with Gasteiger partial charge in [-0.05, 0) is 34.2 Å². The number of hydrogen-bond donors (Lipinski definition) is 0. The van der Waals surface area contributed by atoms with Gasteiger partial charge in [0.25, 0.3) is 0 Å². The van der Waals surface area contributed by atoms with Crippen molar-refractivity contribution >= 4 is 34.2 Å². The van der Waals surface area contributed by atoms with Crippen LogP contribution in [0.1, 0.15) is 0 Å². The van der Waals surface area contributed by atoms with Gasteiger partial charge in [-0.15, -0.1) is 0 Å². The van der Waals surface area contributed by atoms with Gasteiger partial charge in [0.2, 0.25) is 0 Å². The first-order valence-corrected chi connectivity index (χ1v) is 5.60. The van der Waals surface area contributed by atoms with E-state index in [1.807, 2.05) is 36.4 Å². The van der Waals surface area contributed by atoms with E-state index in [0.29, 0.717) is 0 Å². The van der Waals surface area contributed by atoms with E-state index in [9.17, 15) is 0 Å². The second-order valence-corrected chi connectivity index (χ2v) is 4.23. The highest BCUT2D eigenvalue weighted by Crippen LogP contribution is 2.29. The van der Waals surface area contributed by atoms with Crippen LogP contribution in [-0.4, -0.2) is 4.98 Å². The van der Waals surface area contributed by atoms with Gasteiger partial charge in [0.1, 0.15) is 3.70 Å². The second kappa shape index (κ2) is 4.28. The summed E-state index contributed by atoms with van der Waals surface area (Å²) in [6.45, 7) is 0. The Hall–Kier alpha value is -0.610. The Morgan fingerprint density at radius 1 is 1.07 bits per heavy atom.